The van der Waals surface area contributed by atoms with Crippen molar-refractivity contribution in [1.29, 1.82) is 0 Å². The summed E-state index contributed by atoms with van der Waals surface area (Å²) in [5.74, 6) is -0.0673. The van der Waals surface area contributed by atoms with Gasteiger partial charge in [-0.2, -0.15) is 11.8 Å². The Morgan fingerprint density at radius 3 is 1.44 bits per heavy atom. The van der Waals surface area contributed by atoms with E-state index >= 15 is 0 Å². The maximum absolute atomic E-state index is 10.5. The number of thioether (sulfide) groups is 1. The molecule has 0 saturated heterocycles. The van der Waals surface area contributed by atoms with Crippen LogP contribution in [0.15, 0.2) is 48.6 Å². The van der Waals surface area contributed by atoms with Crippen molar-refractivity contribution in [3.63, 3.8) is 0 Å². The summed E-state index contributed by atoms with van der Waals surface area (Å²) in [6.07, 6.45) is 37.9. The quantitative estimate of drug-likeness (QED) is 0.0192. The Kier molecular flexibility index (Phi) is 34.3. The smallest absolute Gasteiger partial charge is 0.329 e. The summed E-state index contributed by atoms with van der Waals surface area (Å²) >= 11 is 20.8. The van der Waals surface area contributed by atoms with Gasteiger partial charge >= 0.3 is 17.9 Å². The average Bonchev–Trinajstić information content (AvgIpc) is 3.98. The lowest BCUT2D eigenvalue weighted by Gasteiger charge is -2.29. The van der Waals surface area contributed by atoms with E-state index in [-0.39, 0.29) is 89.9 Å². The Bertz CT molecular complexity index is 1790. The van der Waals surface area contributed by atoms with Crippen molar-refractivity contribution in [2.45, 2.75) is 213 Å². The molecule has 0 aromatic heterocycles. The number of aliphatic carboxylic acids is 3. The summed E-state index contributed by atoms with van der Waals surface area (Å²) in [6.45, 7) is -0.101. The first-order valence-electron chi connectivity index (χ1n) is 29.5. The van der Waals surface area contributed by atoms with Gasteiger partial charge in [-0.3, -0.25) is 4.79 Å². The van der Waals surface area contributed by atoms with Gasteiger partial charge in [-0.05, 0) is 143 Å². The molecule has 448 valence electrons. The van der Waals surface area contributed by atoms with Crippen molar-refractivity contribution >= 4 is 64.5 Å². The zero-order chi connectivity index (χ0) is 56.8. The number of hydrogen-bond acceptors (Lipinski definition) is 12. The molecule has 6 aliphatic carbocycles. The zero-order valence-corrected chi connectivity index (χ0v) is 49.1. The number of aliphatic hydroxyl groups excluding tert-OH is 6. The van der Waals surface area contributed by atoms with Gasteiger partial charge in [0, 0.05) is 28.0 Å². The van der Waals surface area contributed by atoms with Crippen LogP contribution in [-0.2, 0) is 23.9 Å². The molecule has 0 aliphatic heterocycles. The van der Waals surface area contributed by atoms with E-state index in [9.17, 15) is 45.0 Å². The van der Waals surface area contributed by atoms with Crippen LogP contribution in [0, 0.1) is 53.3 Å². The highest BCUT2D eigenvalue weighted by molar-refractivity contribution is 7.99. The summed E-state index contributed by atoms with van der Waals surface area (Å²) in [4.78, 5) is 31.3. The standard InChI is InChI=1S/C20H33ClO5.C20H31ClO5.C20H33ClO4S/c3*21-17-12-19(23)16(9-10-18(22)14-6-2-1-3-7-14)15(17)8-4-5-11-26-13-20(24)25/h4-5,14-19,22-23H,1-3,6-13H2,(H,24,25);4-5,9-10,14-19,22-23H,1-3,6-8,11-13H2,(H,24,25);9-10,14-19,22-23H,1-8,11-13H2,(H,24,25)/b5-4-;5-4-,10-9+;10-9+/t2*15-,16-,17-,18-,19-;15?,16-,17-,18-,19-/m111/s1. The fourth-order valence-corrected chi connectivity index (χ4v) is 15.1. The molecule has 0 aromatic rings. The third kappa shape index (κ3) is 25.8. The van der Waals surface area contributed by atoms with Crippen LogP contribution in [0.5, 0.6) is 0 Å². The summed E-state index contributed by atoms with van der Waals surface area (Å²) < 4.78 is 9.94. The predicted octanol–water partition coefficient (Wildman–Crippen LogP) is 10.6. The molecular formula is C60H97Cl3O14S. The summed E-state index contributed by atoms with van der Waals surface area (Å²) in [6, 6.07) is 0. The topological polar surface area (TPSA) is 252 Å². The van der Waals surface area contributed by atoms with Gasteiger partial charge < -0.3 is 55.4 Å². The molecule has 14 nitrogen and oxygen atoms in total. The minimum absolute atomic E-state index is 0.0161. The van der Waals surface area contributed by atoms with Gasteiger partial charge in [0.1, 0.15) is 13.2 Å². The molecule has 0 heterocycles. The molecule has 6 saturated carbocycles. The number of halogens is 3. The molecule has 0 amide bonds. The highest BCUT2D eigenvalue weighted by Gasteiger charge is 2.42. The normalized spacial score (nSPS) is 31.6. The van der Waals surface area contributed by atoms with Crippen LogP contribution >= 0.6 is 46.6 Å². The van der Waals surface area contributed by atoms with Crippen LogP contribution in [0.3, 0.4) is 0 Å². The first-order valence-corrected chi connectivity index (χ1v) is 32.0. The van der Waals surface area contributed by atoms with Crippen molar-refractivity contribution in [3.05, 3.63) is 48.6 Å². The Morgan fingerprint density at radius 1 is 0.513 bits per heavy atom. The van der Waals surface area contributed by atoms with E-state index < -0.39 is 48.4 Å². The van der Waals surface area contributed by atoms with E-state index in [0.29, 0.717) is 43.4 Å². The number of unbranched alkanes of at least 4 members (excludes halogenated alkanes) is 1. The molecule has 0 aromatic carbocycles. The Morgan fingerprint density at radius 2 is 0.949 bits per heavy atom. The van der Waals surface area contributed by atoms with E-state index in [2.05, 4.69) is 0 Å². The third-order valence-electron chi connectivity index (χ3n) is 17.4. The number of allylic oxidation sites excluding steroid dienone is 2. The summed E-state index contributed by atoms with van der Waals surface area (Å²) in [5, 5.41) is 87.9. The van der Waals surface area contributed by atoms with Crippen molar-refractivity contribution in [2.75, 3.05) is 37.9 Å². The van der Waals surface area contributed by atoms with E-state index in [1.165, 1.54) is 69.5 Å². The van der Waals surface area contributed by atoms with Crippen LogP contribution < -0.4 is 0 Å². The monoisotopic (exact) mass is 1180 g/mol. The van der Waals surface area contributed by atoms with Gasteiger partial charge in [0.15, 0.2) is 0 Å². The van der Waals surface area contributed by atoms with Crippen molar-refractivity contribution in [1.82, 2.24) is 0 Å². The molecule has 78 heavy (non-hydrogen) atoms. The van der Waals surface area contributed by atoms with Gasteiger partial charge in [0.2, 0.25) is 0 Å². The summed E-state index contributed by atoms with van der Waals surface area (Å²) in [5.41, 5.74) is 0. The number of carboxylic acids is 3. The molecule has 6 aliphatic rings. The SMILES string of the molecule is O=C(O)COC/C=C\C[C@@H]1[C@@H](/C=C/[C@@H](O)C2CCCCC2)[C@H](O)C[C@H]1Cl.O=C(O)COC/C=C\C[C@@H]1[C@@H](CC[C@@H](O)C2CCCCC2)[C@H](O)C[C@H]1Cl.O=C(O)CSCCCCC1[C@H](Cl)C[C@@H](O)[C@@H]1/C=C/[C@@H](O)C1CCCCC1. The maximum atomic E-state index is 10.5. The molecule has 0 spiro atoms. The molecule has 18 heteroatoms. The van der Waals surface area contributed by atoms with Gasteiger partial charge in [-0.25, -0.2) is 9.59 Å². The fourth-order valence-electron chi connectivity index (χ4n) is 12.9. The highest BCUT2D eigenvalue weighted by Crippen LogP contribution is 2.44. The second kappa shape index (κ2) is 38.9. The second-order valence-corrected chi connectivity index (χ2v) is 25.8. The van der Waals surface area contributed by atoms with Gasteiger partial charge in [-0.15, -0.1) is 34.8 Å². The van der Waals surface area contributed by atoms with E-state index in [1.807, 2.05) is 42.5 Å². The van der Waals surface area contributed by atoms with Crippen LogP contribution in [0.25, 0.3) is 0 Å². The number of hydrogen-bond donors (Lipinski definition) is 9. The Hall–Kier alpha value is -1.73. The number of alkyl halides is 3. The lowest BCUT2D eigenvalue weighted by atomic mass is 9.81. The number of carboxylic acid groups (broad SMARTS) is 3. The first kappa shape index (κ1) is 68.8. The molecule has 0 radical (unpaired) electrons. The van der Waals surface area contributed by atoms with Gasteiger partial charge in [0.05, 0.1) is 55.6 Å². The van der Waals surface area contributed by atoms with Crippen molar-refractivity contribution in [2.24, 2.45) is 53.3 Å². The first-order chi connectivity index (χ1) is 37.5. The fraction of sp³-hybridized carbons (Fsp3) is 0.817. The van der Waals surface area contributed by atoms with Crippen LogP contribution in [0.2, 0.25) is 0 Å². The molecular weight excluding hydrogens is 1080 g/mol. The van der Waals surface area contributed by atoms with Crippen LogP contribution in [0.1, 0.15) is 161 Å². The molecule has 0 bridgehead atoms. The van der Waals surface area contributed by atoms with Crippen LogP contribution in [0.4, 0.5) is 0 Å². The second-order valence-electron chi connectivity index (χ2n) is 23.0. The molecule has 9 N–H and O–H groups in total. The Balaban J connectivity index is 0.000000252. The minimum Gasteiger partial charge on any atom is -0.481 e. The van der Waals surface area contributed by atoms with E-state index in [1.54, 1.807) is 6.08 Å². The number of aliphatic hydroxyl groups is 6. The van der Waals surface area contributed by atoms with E-state index in [0.717, 1.165) is 82.8 Å². The zero-order valence-electron chi connectivity index (χ0n) is 46.0. The van der Waals surface area contributed by atoms with Gasteiger partial charge in [-0.1, -0.05) is 113 Å². The number of carbonyl (C=O) groups is 3. The van der Waals surface area contributed by atoms with Crippen molar-refractivity contribution in [3.8, 4) is 0 Å². The van der Waals surface area contributed by atoms with E-state index in [4.69, 9.17) is 59.6 Å². The van der Waals surface area contributed by atoms with Crippen LogP contribution in [-0.4, -0.2) is 155 Å². The minimum atomic E-state index is -0.986. The largest absolute Gasteiger partial charge is 0.481 e. The molecule has 15 atom stereocenters. The average molecular weight is 1180 g/mol. The molecule has 6 fully saturated rings. The molecule has 6 rings (SSSR count). The molecule has 1 unspecified atom stereocenters. The number of ether oxygens (including phenoxy) is 2. The van der Waals surface area contributed by atoms with Gasteiger partial charge in [0.25, 0.3) is 0 Å². The third-order valence-corrected chi connectivity index (χ3v) is 19.9. The lowest BCUT2D eigenvalue weighted by Crippen LogP contribution is -2.26. The maximum Gasteiger partial charge on any atom is 0.329 e. The predicted molar refractivity (Wildman–Crippen MR) is 310 cm³/mol. The van der Waals surface area contributed by atoms with Crippen molar-refractivity contribution < 1.29 is 69.8 Å². The number of rotatable bonds is 29. The lowest BCUT2D eigenvalue weighted by molar-refractivity contribution is -0.142. The summed E-state index contributed by atoms with van der Waals surface area (Å²) in [7, 11) is 0. The Labute approximate surface area is 484 Å². The highest BCUT2D eigenvalue weighted by atomic mass is 35.5.